The van der Waals surface area contributed by atoms with E-state index in [1.54, 1.807) is 0 Å². The molecule has 2 atom stereocenters. The molecule has 2 heterocycles. The zero-order valence-electron chi connectivity index (χ0n) is 33.1. The van der Waals surface area contributed by atoms with Crippen LogP contribution in [-0.2, 0) is 45.1 Å². The number of fused-ring (bicyclic) bond motifs is 2. The van der Waals surface area contributed by atoms with Crippen molar-refractivity contribution in [3.05, 3.63) is 130 Å². The van der Waals surface area contributed by atoms with E-state index in [9.17, 15) is 26.3 Å². The van der Waals surface area contributed by atoms with Gasteiger partial charge in [0.05, 0.1) is 22.2 Å². The van der Waals surface area contributed by atoms with Gasteiger partial charge in [0.15, 0.2) is 0 Å². The number of nitrogens with zero attached hydrogens (tertiary/aromatic N) is 4. The van der Waals surface area contributed by atoms with Gasteiger partial charge >= 0.3 is 12.4 Å². The fraction of sp³-hybridized carbons (Fsp3) is 0.364. The van der Waals surface area contributed by atoms with Crippen LogP contribution in [0.3, 0.4) is 0 Å². The van der Waals surface area contributed by atoms with E-state index in [-0.39, 0.29) is 35.6 Å². The van der Waals surface area contributed by atoms with E-state index in [0.717, 1.165) is 29.3 Å². The van der Waals surface area contributed by atoms with Gasteiger partial charge in [0, 0.05) is 72.5 Å². The van der Waals surface area contributed by atoms with Gasteiger partial charge < -0.3 is 28.4 Å². The minimum atomic E-state index is -4.60. The van der Waals surface area contributed by atoms with Crippen molar-refractivity contribution in [3.8, 4) is 11.5 Å². The highest BCUT2D eigenvalue weighted by atomic mass is 19.4. The topological polar surface area (TPSA) is 34.8 Å². The van der Waals surface area contributed by atoms with Crippen LogP contribution >= 0.6 is 0 Å². The van der Waals surface area contributed by atoms with E-state index >= 15 is 8.78 Å². The van der Waals surface area contributed by atoms with Gasteiger partial charge in [-0.05, 0) is 95.5 Å². The van der Waals surface area contributed by atoms with E-state index in [1.807, 2.05) is 68.5 Å². The van der Waals surface area contributed by atoms with Gasteiger partial charge in [-0.2, -0.15) is 26.3 Å². The molecule has 0 fully saturated rings. The third kappa shape index (κ3) is 9.13. The monoisotopic (exact) mass is 814 g/mol. The Bertz CT molecular complexity index is 2360. The number of rotatable bonds is 15. The Labute approximate surface area is 332 Å². The van der Waals surface area contributed by atoms with Crippen LogP contribution in [0.4, 0.5) is 35.1 Å². The number of benzene rings is 4. The van der Waals surface area contributed by atoms with Crippen LogP contribution in [0, 0.1) is 11.6 Å². The van der Waals surface area contributed by atoms with Gasteiger partial charge in [0.2, 0.25) is 0 Å². The first-order valence-corrected chi connectivity index (χ1v) is 18.9. The Balaban J connectivity index is 1.43. The summed E-state index contributed by atoms with van der Waals surface area (Å²) in [5, 5.41) is 1.25. The lowest BCUT2D eigenvalue weighted by atomic mass is 9.85. The molecule has 0 aliphatic carbocycles. The van der Waals surface area contributed by atoms with E-state index in [0.29, 0.717) is 53.4 Å². The molecule has 6 aromatic rings. The van der Waals surface area contributed by atoms with Crippen LogP contribution in [-0.4, -0.2) is 59.7 Å². The fourth-order valence-electron chi connectivity index (χ4n) is 7.77. The first-order valence-electron chi connectivity index (χ1n) is 18.9. The lowest BCUT2D eigenvalue weighted by Crippen LogP contribution is -2.40. The first-order chi connectivity index (χ1) is 27.4. The molecule has 0 N–H and O–H groups in total. The summed E-state index contributed by atoms with van der Waals surface area (Å²) < 4.78 is 128. The van der Waals surface area contributed by atoms with Crippen molar-refractivity contribution in [2.24, 2.45) is 0 Å². The van der Waals surface area contributed by atoms with Crippen molar-refractivity contribution in [2.75, 3.05) is 34.7 Å². The molecule has 0 amide bonds. The Morgan fingerprint density at radius 3 is 1.79 bits per heavy atom. The molecule has 6 rings (SSSR count). The molecule has 0 saturated heterocycles. The summed E-state index contributed by atoms with van der Waals surface area (Å²) in [5.41, 5.74) is 1.56. The summed E-state index contributed by atoms with van der Waals surface area (Å²) in [5.74, 6) is -1.03. The molecule has 58 heavy (non-hydrogen) atoms. The van der Waals surface area contributed by atoms with E-state index in [2.05, 4.69) is 4.90 Å². The quantitative estimate of drug-likeness (QED) is 0.0968. The first kappa shape index (κ1) is 42.5. The summed E-state index contributed by atoms with van der Waals surface area (Å²) in [6.45, 7) is 4.83. The minimum Gasteiger partial charge on any atom is -0.488 e. The van der Waals surface area contributed by atoms with Crippen molar-refractivity contribution >= 4 is 21.8 Å². The van der Waals surface area contributed by atoms with Gasteiger partial charge in [-0.3, -0.25) is 0 Å². The second kappa shape index (κ2) is 17.0. The summed E-state index contributed by atoms with van der Waals surface area (Å²) in [7, 11) is 7.77. The van der Waals surface area contributed by atoms with Gasteiger partial charge in [-0.1, -0.05) is 30.3 Å². The summed E-state index contributed by atoms with van der Waals surface area (Å²) >= 11 is 0. The Kier molecular flexibility index (Phi) is 12.5. The number of ether oxygens (including phenoxy) is 2. The number of hydrogen-bond donors (Lipinski definition) is 0. The lowest BCUT2D eigenvalue weighted by molar-refractivity contribution is -0.139. The second-order valence-electron chi connectivity index (χ2n) is 14.9. The lowest BCUT2D eigenvalue weighted by Gasteiger charge is -2.34. The van der Waals surface area contributed by atoms with Crippen molar-refractivity contribution in [1.82, 2.24) is 18.9 Å². The number of alkyl halides is 6. The van der Waals surface area contributed by atoms with Gasteiger partial charge in [-0.25, -0.2) is 8.78 Å². The summed E-state index contributed by atoms with van der Waals surface area (Å²) in [4.78, 5) is 4.12. The minimum absolute atomic E-state index is 0.0822. The highest BCUT2D eigenvalue weighted by molar-refractivity contribution is 5.92. The molecular formula is C44H46F8N4O2. The molecule has 2 aromatic heterocycles. The molecule has 2 unspecified atom stereocenters. The van der Waals surface area contributed by atoms with Crippen molar-refractivity contribution in [3.63, 3.8) is 0 Å². The maximum absolute atomic E-state index is 15.3. The van der Waals surface area contributed by atoms with Gasteiger partial charge in [0.25, 0.3) is 0 Å². The van der Waals surface area contributed by atoms with Gasteiger partial charge in [0.1, 0.15) is 36.3 Å². The van der Waals surface area contributed by atoms with Crippen molar-refractivity contribution in [2.45, 2.75) is 70.9 Å². The number of hydrogen-bond acceptors (Lipinski definition) is 4. The largest absolute Gasteiger partial charge is 0.488 e. The van der Waals surface area contributed by atoms with E-state index in [4.69, 9.17) is 9.47 Å². The average molecular weight is 815 g/mol. The zero-order chi connectivity index (χ0) is 42.1. The summed E-state index contributed by atoms with van der Waals surface area (Å²) in [6.07, 6.45) is -4.79. The highest BCUT2D eigenvalue weighted by Gasteiger charge is 2.35. The third-order valence-corrected chi connectivity index (χ3v) is 10.5. The Morgan fingerprint density at radius 1 is 0.655 bits per heavy atom. The fourth-order valence-corrected chi connectivity index (χ4v) is 7.77. The second-order valence-corrected chi connectivity index (χ2v) is 14.9. The number of likely N-dealkylation sites (N-methyl/N-ethyl adjacent to an activating group) is 2. The molecule has 14 heteroatoms. The third-order valence-electron chi connectivity index (χ3n) is 10.5. The molecule has 6 nitrogen and oxygen atoms in total. The molecular weight excluding hydrogens is 768 g/mol. The van der Waals surface area contributed by atoms with Crippen LogP contribution < -0.4 is 9.47 Å². The maximum atomic E-state index is 15.3. The molecule has 0 aliphatic heterocycles. The van der Waals surface area contributed by atoms with Crippen molar-refractivity contribution in [1.29, 1.82) is 0 Å². The molecule has 0 spiro atoms. The molecule has 4 aromatic carbocycles. The number of aromatic nitrogens is 2. The van der Waals surface area contributed by atoms with Crippen LogP contribution in [0.2, 0.25) is 0 Å². The predicted octanol–water partition coefficient (Wildman–Crippen LogP) is 10.9. The van der Waals surface area contributed by atoms with Crippen molar-refractivity contribution < 1.29 is 44.6 Å². The van der Waals surface area contributed by atoms with E-state index < -0.39 is 41.7 Å². The Hall–Kier alpha value is -5.08. The normalized spacial score (nSPS) is 13.6. The molecule has 0 bridgehead atoms. The average Bonchev–Trinajstić information content (AvgIpc) is 3.71. The molecule has 310 valence electrons. The van der Waals surface area contributed by atoms with Crippen LogP contribution in [0.15, 0.2) is 85.2 Å². The molecule has 0 radical (unpaired) electrons. The summed E-state index contributed by atoms with van der Waals surface area (Å²) in [6, 6.07) is 14.8. The van der Waals surface area contributed by atoms with Crippen LogP contribution in [0.1, 0.15) is 53.1 Å². The standard InChI is InChI=1S/C44H46F8N4O2/c1-7-55-22-29(41-37(55)18-31(45)20-39(41)58-26-28-11-9-10-12-35(28)44(50,51)52)17-36(54(5)6)33(23-53(3)4)34-24-56(8-2)38-19-32(46)21-40(42(34)38)57-25-27-13-15-30(16-14-27)43(47,48)49/h9-16,18-22,24,33,36H,7-8,17,23,25-26H2,1-6H3. The molecule has 0 aliphatic rings. The SMILES string of the molecule is CCn1cc(CC(C(CN(C)C)c2cn(CC)c3cc(F)cc(OCc4ccc(C(F)(F)F)cc4)c23)N(C)C)c2c(OCc3ccccc3C(F)(F)F)cc(F)cc21. The van der Waals surface area contributed by atoms with Crippen LogP contribution in [0.25, 0.3) is 21.8 Å². The highest BCUT2D eigenvalue weighted by Crippen LogP contribution is 2.42. The zero-order valence-corrected chi connectivity index (χ0v) is 33.1. The smallest absolute Gasteiger partial charge is 0.416 e. The molecule has 0 saturated carbocycles. The Morgan fingerprint density at radius 2 is 1.22 bits per heavy atom. The van der Waals surface area contributed by atoms with E-state index in [1.165, 1.54) is 54.6 Å². The van der Waals surface area contributed by atoms with Crippen LogP contribution in [0.5, 0.6) is 11.5 Å². The number of aryl methyl sites for hydroxylation is 2. The van der Waals surface area contributed by atoms with Gasteiger partial charge in [-0.15, -0.1) is 0 Å². The maximum Gasteiger partial charge on any atom is 0.416 e. The number of halogens is 8. The predicted molar refractivity (Wildman–Crippen MR) is 209 cm³/mol.